The predicted molar refractivity (Wildman–Crippen MR) is 103 cm³/mol. The standard InChI is InChI=1S/C20H30N4O2/c1-4-5-6-17(13-21)22-18(25)11-12-19-23-20(24-26-19)16-9-7-15(8-10-16)14(2)3/h7-10,14,17H,4-6,11-13,21H2,1-3H3,(H,22,25). The first-order valence-electron chi connectivity index (χ1n) is 9.45. The second-order valence-corrected chi connectivity index (χ2v) is 6.93. The van der Waals surface area contributed by atoms with Gasteiger partial charge in [-0.3, -0.25) is 4.79 Å². The lowest BCUT2D eigenvalue weighted by Crippen LogP contribution is -2.40. The zero-order chi connectivity index (χ0) is 18.9. The van der Waals surface area contributed by atoms with E-state index in [9.17, 15) is 4.79 Å². The van der Waals surface area contributed by atoms with Gasteiger partial charge in [-0.25, -0.2) is 0 Å². The van der Waals surface area contributed by atoms with Crippen LogP contribution in [0.5, 0.6) is 0 Å². The fourth-order valence-corrected chi connectivity index (χ4v) is 2.71. The van der Waals surface area contributed by atoms with Gasteiger partial charge in [0.05, 0.1) is 0 Å². The maximum absolute atomic E-state index is 12.1. The zero-order valence-corrected chi connectivity index (χ0v) is 16.0. The predicted octanol–water partition coefficient (Wildman–Crippen LogP) is 3.43. The summed E-state index contributed by atoms with van der Waals surface area (Å²) in [6.45, 7) is 6.90. The molecule has 6 heteroatoms. The zero-order valence-electron chi connectivity index (χ0n) is 16.0. The van der Waals surface area contributed by atoms with Gasteiger partial charge in [0, 0.05) is 31.0 Å². The van der Waals surface area contributed by atoms with Crippen molar-refractivity contribution in [3.63, 3.8) is 0 Å². The first kappa shape index (κ1) is 20.1. The fourth-order valence-electron chi connectivity index (χ4n) is 2.71. The summed E-state index contributed by atoms with van der Waals surface area (Å²) >= 11 is 0. The van der Waals surface area contributed by atoms with Gasteiger partial charge < -0.3 is 15.6 Å². The molecule has 1 aromatic carbocycles. The lowest BCUT2D eigenvalue weighted by molar-refractivity contribution is -0.121. The number of carbonyl (C=O) groups excluding carboxylic acids is 1. The number of nitrogens with zero attached hydrogens (tertiary/aromatic N) is 2. The van der Waals surface area contributed by atoms with Crippen LogP contribution in [0.15, 0.2) is 28.8 Å². The van der Waals surface area contributed by atoms with Gasteiger partial charge in [0.2, 0.25) is 17.6 Å². The van der Waals surface area contributed by atoms with Crippen molar-refractivity contribution in [2.75, 3.05) is 6.54 Å². The van der Waals surface area contributed by atoms with Gasteiger partial charge in [0.1, 0.15) is 0 Å². The highest BCUT2D eigenvalue weighted by molar-refractivity contribution is 5.76. The van der Waals surface area contributed by atoms with Crippen LogP contribution in [0.1, 0.15) is 63.8 Å². The van der Waals surface area contributed by atoms with Gasteiger partial charge in [0.15, 0.2) is 0 Å². The first-order valence-corrected chi connectivity index (χ1v) is 9.45. The molecule has 1 aromatic heterocycles. The lowest BCUT2D eigenvalue weighted by atomic mass is 10.0. The highest BCUT2D eigenvalue weighted by atomic mass is 16.5. The quantitative estimate of drug-likeness (QED) is 0.678. The third-order valence-corrected chi connectivity index (χ3v) is 4.43. The Kier molecular flexibility index (Phi) is 7.78. The van der Waals surface area contributed by atoms with Crippen LogP contribution in [0.4, 0.5) is 0 Å². The Balaban J connectivity index is 1.87. The number of rotatable bonds is 10. The molecular weight excluding hydrogens is 328 g/mol. The number of unbranched alkanes of at least 4 members (excludes halogenated alkanes) is 1. The Morgan fingerprint density at radius 1 is 1.27 bits per heavy atom. The van der Waals surface area contributed by atoms with Crippen molar-refractivity contribution in [1.29, 1.82) is 0 Å². The summed E-state index contributed by atoms with van der Waals surface area (Å²) in [6, 6.07) is 8.19. The van der Waals surface area contributed by atoms with Crippen LogP contribution in [0, 0.1) is 0 Å². The highest BCUT2D eigenvalue weighted by Crippen LogP contribution is 2.20. The number of aromatic nitrogens is 2. The molecule has 0 saturated heterocycles. The van der Waals surface area contributed by atoms with Crippen LogP contribution in [0.2, 0.25) is 0 Å². The number of amides is 1. The van der Waals surface area contributed by atoms with E-state index in [1.165, 1.54) is 5.56 Å². The molecule has 2 aromatic rings. The van der Waals surface area contributed by atoms with Gasteiger partial charge in [-0.1, -0.05) is 63.0 Å². The molecule has 0 bridgehead atoms. The average Bonchev–Trinajstić information content (AvgIpc) is 3.12. The van der Waals surface area contributed by atoms with Gasteiger partial charge >= 0.3 is 0 Å². The Morgan fingerprint density at radius 2 is 2.00 bits per heavy atom. The molecule has 0 spiro atoms. The molecule has 1 atom stereocenters. The second-order valence-electron chi connectivity index (χ2n) is 6.93. The molecule has 0 aliphatic carbocycles. The molecule has 0 saturated carbocycles. The van der Waals surface area contributed by atoms with Crippen LogP contribution >= 0.6 is 0 Å². The Hall–Kier alpha value is -2.21. The van der Waals surface area contributed by atoms with Crippen molar-refractivity contribution in [3.8, 4) is 11.4 Å². The minimum Gasteiger partial charge on any atom is -0.352 e. The highest BCUT2D eigenvalue weighted by Gasteiger charge is 2.13. The van der Waals surface area contributed by atoms with Crippen molar-refractivity contribution in [3.05, 3.63) is 35.7 Å². The van der Waals surface area contributed by atoms with Crippen molar-refractivity contribution < 1.29 is 9.32 Å². The normalized spacial score (nSPS) is 12.3. The molecule has 2 rings (SSSR count). The van der Waals surface area contributed by atoms with Crippen molar-refractivity contribution in [2.24, 2.45) is 5.73 Å². The summed E-state index contributed by atoms with van der Waals surface area (Å²) in [4.78, 5) is 16.5. The van der Waals surface area contributed by atoms with Crippen LogP contribution in [0.3, 0.4) is 0 Å². The van der Waals surface area contributed by atoms with Crippen molar-refractivity contribution in [2.45, 2.75) is 64.8 Å². The van der Waals surface area contributed by atoms with E-state index >= 15 is 0 Å². The average molecular weight is 358 g/mol. The molecule has 142 valence electrons. The van der Waals surface area contributed by atoms with Gasteiger partial charge in [-0.15, -0.1) is 0 Å². The van der Waals surface area contributed by atoms with Crippen LogP contribution in [0.25, 0.3) is 11.4 Å². The molecule has 0 radical (unpaired) electrons. The molecule has 0 aliphatic heterocycles. The summed E-state index contributed by atoms with van der Waals surface area (Å²) < 4.78 is 5.28. The summed E-state index contributed by atoms with van der Waals surface area (Å²) in [5, 5.41) is 6.99. The van der Waals surface area contributed by atoms with E-state index in [1.807, 2.05) is 12.1 Å². The summed E-state index contributed by atoms with van der Waals surface area (Å²) in [7, 11) is 0. The van der Waals surface area contributed by atoms with Gasteiger partial charge in [-0.2, -0.15) is 4.98 Å². The first-order chi connectivity index (χ1) is 12.5. The number of carbonyl (C=O) groups is 1. The maximum Gasteiger partial charge on any atom is 0.227 e. The Labute approximate surface area is 155 Å². The number of aryl methyl sites for hydroxylation is 1. The van der Waals surface area contributed by atoms with Gasteiger partial charge in [-0.05, 0) is 17.9 Å². The van der Waals surface area contributed by atoms with Crippen LogP contribution < -0.4 is 11.1 Å². The summed E-state index contributed by atoms with van der Waals surface area (Å²) in [6.07, 6.45) is 3.81. The van der Waals surface area contributed by atoms with E-state index in [0.29, 0.717) is 37.0 Å². The number of nitrogens with one attached hydrogen (secondary N) is 1. The van der Waals surface area contributed by atoms with E-state index < -0.39 is 0 Å². The minimum atomic E-state index is -0.0300. The number of hydrogen-bond acceptors (Lipinski definition) is 5. The number of hydrogen-bond donors (Lipinski definition) is 2. The molecule has 0 aliphatic rings. The molecular formula is C20H30N4O2. The van der Waals surface area contributed by atoms with Crippen LogP contribution in [-0.4, -0.2) is 28.6 Å². The maximum atomic E-state index is 12.1. The number of nitrogens with two attached hydrogens (primary N) is 1. The van der Waals surface area contributed by atoms with E-state index in [-0.39, 0.29) is 11.9 Å². The number of benzene rings is 1. The molecule has 1 unspecified atom stereocenters. The summed E-state index contributed by atoms with van der Waals surface area (Å²) in [5.74, 6) is 1.48. The molecule has 1 amide bonds. The smallest absolute Gasteiger partial charge is 0.227 e. The molecule has 1 heterocycles. The third kappa shape index (κ3) is 5.95. The SMILES string of the molecule is CCCCC(CN)NC(=O)CCc1nc(-c2ccc(C(C)C)cc2)no1. The monoisotopic (exact) mass is 358 g/mol. The van der Waals surface area contributed by atoms with Gasteiger partial charge in [0.25, 0.3) is 0 Å². The Morgan fingerprint density at radius 3 is 2.62 bits per heavy atom. The fraction of sp³-hybridized carbons (Fsp3) is 0.550. The third-order valence-electron chi connectivity index (χ3n) is 4.43. The van der Waals surface area contributed by atoms with E-state index in [1.54, 1.807) is 0 Å². The minimum absolute atomic E-state index is 0.0300. The lowest BCUT2D eigenvalue weighted by Gasteiger charge is -2.15. The van der Waals surface area contributed by atoms with Crippen molar-refractivity contribution in [1.82, 2.24) is 15.5 Å². The van der Waals surface area contributed by atoms with Crippen LogP contribution in [-0.2, 0) is 11.2 Å². The topological polar surface area (TPSA) is 94.0 Å². The molecule has 0 fully saturated rings. The Bertz CT molecular complexity index is 679. The molecule has 6 nitrogen and oxygen atoms in total. The summed E-state index contributed by atoms with van der Waals surface area (Å²) in [5.41, 5.74) is 7.89. The second kappa shape index (κ2) is 10.1. The largest absolute Gasteiger partial charge is 0.352 e. The van der Waals surface area contributed by atoms with E-state index in [2.05, 4.69) is 48.4 Å². The molecule has 26 heavy (non-hydrogen) atoms. The van der Waals surface area contributed by atoms with Crippen molar-refractivity contribution >= 4 is 5.91 Å². The van der Waals surface area contributed by atoms with E-state index in [4.69, 9.17) is 10.3 Å². The van der Waals surface area contributed by atoms with E-state index in [0.717, 1.165) is 24.8 Å². The molecule has 3 N–H and O–H groups in total.